The van der Waals surface area contributed by atoms with Crippen LogP contribution in [0, 0.1) is 5.92 Å². The van der Waals surface area contributed by atoms with Crippen LogP contribution < -0.4 is 15.8 Å². The smallest absolute Gasteiger partial charge is 0.255 e. The Balaban J connectivity index is 1.66. The summed E-state index contributed by atoms with van der Waals surface area (Å²) in [6.07, 6.45) is 3.68. The predicted octanol–water partition coefficient (Wildman–Crippen LogP) is 2.14. The summed E-state index contributed by atoms with van der Waals surface area (Å²) in [4.78, 5) is 15.0. The fourth-order valence-corrected chi connectivity index (χ4v) is 3.82. The second-order valence-electron chi connectivity index (χ2n) is 6.08. The Labute approximate surface area is 135 Å². The van der Waals surface area contributed by atoms with Gasteiger partial charge in [-0.1, -0.05) is 11.6 Å². The summed E-state index contributed by atoms with van der Waals surface area (Å²) in [5, 5.41) is 3.40. The quantitative estimate of drug-likeness (QED) is 0.833. The van der Waals surface area contributed by atoms with Gasteiger partial charge in [-0.2, -0.15) is 0 Å². The van der Waals surface area contributed by atoms with Crippen LogP contribution in [0.2, 0.25) is 5.02 Å². The van der Waals surface area contributed by atoms with Gasteiger partial charge in [0.25, 0.3) is 5.91 Å². The van der Waals surface area contributed by atoms with Crippen molar-refractivity contribution in [1.82, 2.24) is 10.2 Å². The normalized spacial score (nSPS) is 24.3. The van der Waals surface area contributed by atoms with Gasteiger partial charge >= 0.3 is 0 Å². The summed E-state index contributed by atoms with van der Waals surface area (Å²) in [6.45, 7) is 3.06. The molecule has 2 aliphatic heterocycles. The van der Waals surface area contributed by atoms with E-state index in [0.29, 0.717) is 40.5 Å². The molecule has 0 aromatic heterocycles. The average molecular weight is 324 g/mol. The largest absolute Gasteiger partial charge is 0.496 e. The van der Waals surface area contributed by atoms with Crippen LogP contribution in [0.1, 0.15) is 29.6 Å². The summed E-state index contributed by atoms with van der Waals surface area (Å²) in [5.41, 5.74) is 6.59. The minimum absolute atomic E-state index is 0.157. The number of carbonyl (C=O) groups excluding carboxylic acids is 1. The van der Waals surface area contributed by atoms with Crippen molar-refractivity contribution in [2.75, 3.05) is 32.5 Å². The van der Waals surface area contributed by atoms with Crippen LogP contribution in [0.25, 0.3) is 0 Å². The summed E-state index contributed by atoms with van der Waals surface area (Å²) < 4.78 is 5.24. The maximum atomic E-state index is 12.4. The zero-order chi connectivity index (χ0) is 15.7. The fourth-order valence-electron chi connectivity index (χ4n) is 3.66. The lowest BCUT2D eigenvalue weighted by molar-refractivity contribution is 0.0941. The number of fused-ring (bicyclic) bond motifs is 1. The standard InChI is InChI=1S/C16H22ClN3O2/c1-22-15-8-13(18)12(17)7-11(15)16(21)19-9-10-4-6-20-5-2-3-14(10)20/h7-8,10,14H,2-6,9,18H2,1H3,(H,19,21)/t10-,14?/m0/s1. The van der Waals surface area contributed by atoms with Gasteiger partial charge in [0.05, 0.1) is 23.4 Å². The number of halogens is 1. The Morgan fingerprint density at radius 2 is 2.27 bits per heavy atom. The molecule has 5 nitrogen and oxygen atoms in total. The van der Waals surface area contributed by atoms with Crippen LogP contribution in [-0.2, 0) is 0 Å². The first kappa shape index (κ1) is 15.4. The van der Waals surface area contributed by atoms with Gasteiger partial charge in [-0.25, -0.2) is 0 Å². The molecule has 6 heteroatoms. The van der Waals surface area contributed by atoms with Gasteiger partial charge < -0.3 is 20.7 Å². The minimum atomic E-state index is -0.157. The number of amides is 1. The monoisotopic (exact) mass is 323 g/mol. The van der Waals surface area contributed by atoms with Crippen LogP contribution in [0.5, 0.6) is 5.75 Å². The highest BCUT2D eigenvalue weighted by Crippen LogP contribution is 2.32. The number of carbonyl (C=O) groups is 1. The highest BCUT2D eigenvalue weighted by atomic mass is 35.5. The SMILES string of the molecule is COc1cc(N)c(Cl)cc1C(=O)NC[C@@H]1CCN2CCCC12. The van der Waals surface area contributed by atoms with E-state index >= 15 is 0 Å². The molecule has 1 aromatic carbocycles. The molecule has 0 bridgehead atoms. The molecule has 0 radical (unpaired) electrons. The van der Waals surface area contributed by atoms with Gasteiger partial charge in [0.1, 0.15) is 5.75 Å². The molecule has 22 heavy (non-hydrogen) atoms. The number of rotatable bonds is 4. The third kappa shape index (κ3) is 2.88. The van der Waals surface area contributed by atoms with Crippen molar-refractivity contribution in [3.05, 3.63) is 22.7 Å². The number of hydrogen-bond donors (Lipinski definition) is 2. The number of nitrogens with two attached hydrogens (primary N) is 1. The Kier molecular flexibility index (Phi) is 4.45. The molecular weight excluding hydrogens is 302 g/mol. The van der Waals surface area contributed by atoms with E-state index in [1.165, 1.54) is 26.5 Å². The number of benzene rings is 1. The summed E-state index contributed by atoms with van der Waals surface area (Å²) in [7, 11) is 1.52. The van der Waals surface area contributed by atoms with Gasteiger partial charge in [0.15, 0.2) is 0 Å². The van der Waals surface area contributed by atoms with Crippen LogP contribution in [-0.4, -0.2) is 43.6 Å². The highest BCUT2D eigenvalue weighted by molar-refractivity contribution is 6.33. The first-order valence-corrected chi connectivity index (χ1v) is 8.13. The first-order valence-electron chi connectivity index (χ1n) is 7.75. The highest BCUT2D eigenvalue weighted by Gasteiger charge is 2.37. The van der Waals surface area contributed by atoms with Crippen molar-refractivity contribution < 1.29 is 9.53 Å². The molecule has 0 spiro atoms. The Morgan fingerprint density at radius 1 is 1.45 bits per heavy atom. The van der Waals surface area contributed by atoms with Gasteiger partial charge in [-0.05, 0) is 44.3 Å². The predicted molar refractivity (Wildman–Crippen MR) is 87.5 cm³/mol. The third-order valence-electron chi connectivity index (χ3n) is 4.83. The van der Waals surface area contributed by atoms with Gasteiger partial charge in [0, 0.05) is 18.7 Å². The molecule has 2 fully saturated rings. The van der Waals surface area contributed by atoms with Crippen LogP contribution >= 0.6 is 11.6 Å². The van der Waals surface area contributed by atoms with Gasteiger partial charge in [0.2, 0.25) is 0 Å². The van der Waals surface area contributed by atoms with Crippen molar-refractivity contribution in [3.63, 3.8) is 0 Å². The molecule has 2 aliphatic rings. The Hall–Kier alpha value is -1.46. The van der Waals surface area contributed by atoms with Gasteiger partial charge in [-0.15, -0.1) is 0 Å². The number of hydrogen-bond acceptors (Lipinski definition) is 4. The van der Waals surface area contributed by atoms with Crippen molar-refractivity contribution >= 4 is 23.2 Å². The molecule has 2 heterocycles. The molecule has 1 unspecified atom stereocenters. The maximum absolute atomic E-state index is 12.4. The van der Waals surface area contributed by atoms with Crippen LogP contribution in [0.4, 0.5) is 5.69 Å². The maximum Gasteiger partial charge on any atom is 0.255 e. The fraction of sp³-hybridized carbons (Fsp3) is 0.562. The summed E-state index contributed by atoms with van der Waals surface area (Å²) >= 11 is 6.02. The third-order valence-corrected chi connectivity index (χ3v) is 5.16. The molecule has 2 atom stereocenters. The summed E-state index contributed by atoms with van der Waals surface area (Å²) in [6, 6.07) is 3.80. The topological polar surface area (TPSA) is 67.6 Å². The zero-order valence-electron chi connectivity index (χ0n) is 12.8. The molecule has 2 saturated heterocycles. The lowest BCUT2D eigenvalue weighted by atomic mass is 9.98. The van der Waals surface area contributed by atoms with Crippen molar-refractivity contribution in [2.45, 2.75) is 25.3 Å². The number of anilines is 1. The Bertz CT molecular complexity index is 579. The van der Waals surface area contributed by atoms with E-state index in [2.05, 4.69) is 10.2 Å². The zero-order valence-corrected chi connectivity index (χ0v) is 13.5. The molecule has 3 rings (SSSR count). The number of nitrogen functional groups attached to an aromatic ring is 1. The molecular formula is C16H22ClN3O2. The van der Waals surface area contributed by atoms with Crippen LogP contribution in [0.15, 0.2) is 12.1 Å². The number of nitrogens with one attached hydrogen (secondary N) is 1. The first-order chi connectivity index (χ1) is 10.6. The van der Waals surface area contributed by atoms with Crippen molar-refractivity contribution in [3.8, 4) is 5.75 Å². The van der Waals surface area contributed by atoms with E-state index in [1.807, 2.05) is 0 Å². The molecule has 120 valence electrons. The van der Waals surface area contributed by atoms with Crippen molar-refractivity contribution in [2.24, 2.45) is 5.92 Å². The number of ether oxygens (including phenoxy) is 1. The second kappa shape index (κ2) is 6.34. The van der Waals surface area contributed by atoms with Crippen LogP contribution in [0.3, 0.4) is 0 Å². The van der Waals surface area contributed by atoms with E-state index in [-0.39, 0.29) is 5.91 Å². The molecule has 0 saturated carbocycles. The van der Waals surface area contributed by atoms with E-state index in [9.17, 15) is 4.79 Å². The van der Waals surface area contributed by atoms with Gasteiger partial charge in [-0.3, -0.25) is 4.79 Å². The molecule has 1 amide bonds. The van der Waals surface area contributed by atoms with E-state index in [4.69, 9.17) is 22.1 Å². The molecule has 1 aromatic rings. The average Bonchev–Trinajstić information content (AvgIpc) is 3.10. The lowest BCUT2D eigenvalue weighted by Gasteiger charge is -2.20. The lowest BCUT2D eigenvalue weighted by Crippen LogP contribution is -2.35. The Morgan fingerprint density at radius 3 is 3.05 bits per heavy atom. The van der Waals surface area contributed by atoms with Crippen molar-refractivity contribution in [1.29, 1.82) is 0 Å². The number of nitrogens with zero attached hydrogens (tertiary/aromatic N) is 1. The van der Waals surface area contributed by atoms with E-state index in [1.54, 1.807) is 12.1 Å². The summed E-state index contributed by atoms with van der Waals surface area (Å²) in [5.74, 6) is 0.838. The van der Waals surface area contributed by atoms with E-state index in [0.717, 1.165) is 13.0 Å². The molecule has 0 aliphatic carbocycles. The number of methoxy groups -OCH3 is 1. The molecule has 3 N–H and O–H groups in total. The van der Waals surface area contributed by atoms with E-state index < -0.39 is 0 Å². The second-order valence-corrected chi connectivity index (χ2v) is 6.49. The minimum Gasteiger partial charge on any atom is -0.496 e.